The summed E-state index contributed by atoms with van der Waals surface area (Å²) in [6, 6.07) is 22.3. The first-order chi connectivity index (χ1) is 10.2. The van der Waals surface area contributed by atoms with Crippen LogP contribution in [0, 0.1) is 0 Å². The van der Waals surface area contributed by atoms with Crippen molar-refractivity contribution in [1.82, 2.24) is 4.90 Å². The summed E-state index contributed by atoms with van der Waals surface area (Å²) in [6.07, 6.45) is 0. The summed E-state index contributed by atoms with van der Waals surface area (Å²) in [5.74, 6) is 0.0315. The van der Waals surface area contributed by atoms with Gasteiger partial charge in [0.15, 0.2) is 0 Å². The van der Waals surface area contributed by atoms with E-state index in [0.29, 0.717) is 0 Å². The van der Waals surface area contributed by atoms with Gasteiger partial charge in [0, 0.05) is 19.7 Å². The first-order valence-electron chi connectivity index (χ1n) is 6.96. The third kappa shape index (κ3) is 2.52. The van der Waals surface area contributed by atoms with Crippen LogP contribution in [0.4, 0.5) is 0 Å². The maximum atomic E-state index is 12.5. The number of carbonyl (C=O) groups is 1. The molecule has 2 nitrogen and oxygen atoms in total. The lowest BCUT2D eigenvalue weighted by Crippen LogP contribution is -2.22. The van der Waals surface area contributed by atoms with Crippen LogP contribution in [0.5, 0.6) is 0 Å². The van der Waals surface area contributed by atoms with Gasteiger partial charge in [-0.3, -0.25) is 4.79 Å². The highest BCUT2D eigenvalue weighted by molar-refractivity contribution is 6.08. The lowest BCUT2D eigenvalue weighted by Gasteiger charge is -2.14. The van der Waals surface area contributed by atoms with E-state index in [2.05, 4.69) is 18.2 Å². The van der Waals surface area contributed by atoms with Crippen molar-refractivity contribution >= 4 is 16.7 Å². The second kappa shape index (κ2) is 5.41. The Morgan fingerprint density at radius 1 is 0.810 bits per heavy atom. The number of carbonyl (C=O) groups excluding carboxylic acids is 1. The third-order valence-electron chi connectivity index (χ3n) is 3.61. The zero-order valence-electron chi connectivity index (χ0n) is 12.2. The average molecular weight is 275 g/mol. The van der Waals surface area contributed by atoms with Gasteiger partial charge in [-0.25, -0.2) is 0 Å². The zero-order valence-corrected chi connectivity index (χ0v) is 12.2. The Bertz CT molecular complexity index is 791. The molecule has 0 bridgehead atoms. The van der Waals surface area contributed by atoms with Gasteiger partial charge in [-0.1, -0.05) is 54.6 Å². The Morgan fingerprint density at radius 2 is 1.48 bits per heavy atom. The predicted octanol–water partition coefficient (Wildman–Crippen LogP) is 4.21. The molecule has 3 aromatic rings. The summed E-state index contributed by atoms with van der Waals surface area (Å²) < 4.78 is 0. The van der Waals surface area contributed by atoms with Crippen LogP contribution in [0.15, 0.2) is 66.7 Å². The fourth-order valence-corrected chi connectivity index (χ4v) is 2.53. The van der Waals surface area contributed by atoms with Crippen molar-refractivity contribution in [3.8, 4) is 11.1 Å². The molecule has 0 fully saturated rings. The van der Waals surface area contributed by atoms with Crippen molar-refractivity contribution in [2.24, 2.45) is 0 Å². The van der Waals surface area contributed by atoms with Crippen LogP contribution in [0.1, 0.15) is 10.4 Å². The standard InChI is InChI=1S/C19H17NO/c1-20(2)19(21)18-13-16(14-8-4-3-5-9-14)12-15-10-6-7-11-17(15)18/h3-13H,1-2H3. The van der Waals surface area contributed by atoms with Gasteiger partial charge >= 0.3 is 0 Å². The molecule has 0 spiro atoms. The maximum absolute atomic E-state index is 12.5. The summed E-state index contributed by atoms with van der Waals surface area (Å²) >= 11 is 0. The van der Waals surface area contributed by atoms with E-state index in [9.17, 15) is 4.79 Å². The van der Waals surface area contributed by atoms with Crippen molar-refractivity contribution in [3.05, 3.63) is 72.3 Å². The summed E-state index contributed by atoms with van der Waals surface area (Å²) in [5, 5.41) is 2.08. The van der Waals surface area contributed by atoms with E-state index in [1.807, 2.05) is 48.5 Å². The molecule has 0 atom stereocenters. The van der Waals surface area contributed by atoms with E-state index in [4.69, 9.17) is 0 Å². The number of fused-ring (bicyclic) bond motifs is 1. The number of hydrogen-bond acceptors (Lipinski definition) is 1. The molecule has 0 aliphatic carbocycles. The van der Waals surface area contributed by atoms with Gasteiger partial charge < -0.3 is 4.90 Å². The van der Waals surface area contributed by atoms with Crippen LogP contribution in [-0.4, -0.2) is 24.9 Å². The number of rotatable bonds is 2. The van der Waals surface area contributed by atoms with E-state index in [1.54, 1.807) is 19.0 Å². The lowest BCUT2D eigenvalue weighted by atomic mass is 9.96. The molecule has 0 saturated heterocycles. The molecule has 0 aliphatic heterocycles. The number of hydrogen-bond donors (Lipinski definition) is 0. The van der Waals surface area contributed by atoms with Gasteiger partial charge in [0.05, 0.1) is 0 Å². The molecule has 0 unspecified atom stereocenters. The summed E-state index contributed by atoms with van der Waals surface area (Å²) in [5.41, 5.74) is 2.94. The minimum absolute atomic E-state index is 0.0315. The Hall–Kier alpha value is -2.61. The number of nitrogens with zero attached hydrogens (tertiary/aromatic N) is 1. The topological polar surface area (TPSA) is 20.3 Å². The molecule has 0 heterocycles. The molecule has 3 aromatic carbocycles. The molecule has 2 heteroatoms. The molecule has 0 aromatic heterocycles. The fourth-order valence-electron chi connectivity index (χ4n) is 2.53. The minimum atomic E-state index is 0.0315. The molecule has 0 aliphatic rings. The molecule has 1 amide bonds. The first kappa shape index (κ1) is 13.4. The second-order valence-corrected chi connectivity index (χ2v) is 5.31. The number of amides is 1. The Morgan fingerprint density at radius 3 is 2.19 bits per heavy atom. The smallest absolute Gasteiger partial charge is 0.253 e. The molecule has 3 rings (SSSR count). The van der Waals surface area contributed by atoms with Crippen LogP contribution in [0.25, 0.3) is 21.9 Å². The van der Waals surface area contributed by atoms with Crippen molar-refractivity contribution in [3.63, 3.8) is 0 Å². The van der Waals surface area contributed by atoms with Gasteiger partial charge in [0.2, 0.25) is 0 Å². The second-order valence-electron chi connectivity index (χ2n) is 5.31. The van der Waals surface area contributed by atoms with Crippen LogP contribution in [-0.2, 0) is 0 Å². The highest BCUT2D eigenvalue weighted by Gasteiger charge is 2.13. The van der Waals surface area contributed by atoms with Crippen molar-refractivity contribution in [2.45, 2.75) is 0 Å². The van der Waals surface area contributed by atoms with Crippen molar-refractivity contribution in [1.29, 1.82) is 0 Å². The van der Waals surface area contributed by atoms with E-state index >= 15 is 0 Å². The van der Waals surface area contributed by atoms with Crippen molar-refractivity contribution in [2.75, 3.05) is 14.1 Å². The Kier molecular flexibility index (Phi) is 3.44. The zero-order chi connectivity index (χ0) is 14.8. The van der Waals surface area contributed by atoms with E-state index in [1.165, 1.54) is 0 Å². The highest BCUT2D eigenvalue weighted by atomic mass is 16.2. The lowest BCUT2D eigenvalue weighted by molar-refractivity contribution is 0.0829. The monoisotopic (exact) mass is 275 g/mol. The molecule has 0 radical (unpaired) electrons. The Labute approximate surface area is 124 Å². The molecule has 0 saturated carbocycles. The Balaban J connectivity index is 2.27. The van der Waals surface area contributed by atoms with Crippen LogP contribution >= 0.6 is 0 Å². The first-order valence-corrected chi connectivity index (χ1v) is 6.96. The van der Waals surface area contributed by atoms with Crippen LogP contribution in [0.3, 0.4) is 0 Å². The minimum Gasteiger partial charge on any atom is -0.345 e. The van der Waals surface area contributed by atoms with Crippen molar-refractivity contribution < 1.29 is 4.79 Å². The number of benzene rings is 3. The quantitative estimate of drug-likeness (QED) is 0.686. The van der Waals surface area contributed by atoms with Gasteiger partial charge in [-0.15, -0.1) is 0 Å². The van der Waals surface area contributed by atoms with Gasteiger partial charge in [0.25, 0.3) is 5.91 Å². The summed E-state index contributed by atoms with van der Waals surface area (Å²) in [7, 11) is 3.57. The molecule has 0 N–H and O–H groups in total. The van der Waals surface area contributed by atoms with Gasteiger partial charge in [-0.2, -0.15) is 0 Å². The highest BCUT2D eigenvalue weighted by Crippen LogP contribution is 2.28. The maximum Gasteiger partial charge on any atom is 0.253 e. The average Bonchev–Trinajstić information content (AvgIpc) is 2.54. The normalized spacial score (nSPS) is 10.6. The fraction of sp³-hybridized carbons (Fsp3) is 0.105. The molecule has 104 valence electrons. The van der Waals surface area contributed by atoms with E-state index in [0.717, 1.165) is 27.5 Å². The molecule has 21 heavy (non-hydrogen) atoms. The van der Waals surface area contributed by atoms with Crippen LogP contribution in [0.2, 0.25) is 0 Å². The molecular weight excluding hydrogens is 258 g/mol. The van der Waals surface area contributed by atoms with Crippen LogP contribution < -0.4 is 0 Å². The summed E-state index contributed by atoms with van der Waals surface area (Å²) in [6.45, 7) is 0. The third-order valence-corrected chi connectivity index (χ3v) is 3.61. The van der Waals surface area contributed by atoms with Gasteiger partial charge in [-0.05, 0) is 34.0 Å². The largest absolute Gasteiger partial charge is 0.345 e. The summed E-state index contributed by atoms with van der Waals surface area (Å²) in [4.78, 5) is 14.1. The van der Waals surface area contributed by atoms with E-state index in [-0.39, 0.29) is 5.91 Å². The van der Waals surface area contributed by atoms with E-state index < -0.39 is 0 Å². The molecular formula is C19H17NO. The SMILES string of the molecule is CN(C)C(=O)c1cc(-c2ccccc2)cc2ccccc12. The predicted molar refractivity (Wildman–Crippen MR) is 87.4 cm³/mol. The van der Waals surface area contributed by atoms with Gasteiger partial charge in [0.1, 0.15) is 0 Å².